The van der Waals surface area contributed by atoms with Crippen molar-refractivity contribution in [3.05, 3.63) is 0 Å². The average Bonchev–Trinajstić information content (AvgIpc) is 2.17. The Kier molecular flexibility index (Phi) is 3.23. The lowest BCUT2D eigenvalue weighted by atomic mass is 10.1. The zero-order chi connectivity index (χ0) is 11.0. The monoisotopic (exact) mass is 232 g/mol. The Bertz CT molecular complexity index is 291. The van der Waals surface area contributed by atoms with Gasteiger partial charge >= 0.3 is 0 Å². The topological polar surface area (TPSA) is 52.6 Å². The van der Waals surface area contributed by atoms with Gasteiger partial charge in [0.25, 0.3) is 0 Å². The molecule has 2 rings (SSSR count). The summed E-state index contributed by atoms with van der Waals surface area (Å²) in [6, 6.07) is 0. The van der Waals surface area contributed by atoms with Crippen molar-refractivity contribution in [2.24, 2.45) is 0 Å². The van der Waals surface area contributed by atoms with E-state index in [0.29, 0.717) is 6.61 Å². The molecule has 0 aromatic rings. The first kappa shape index (κ1) is 11.2. The summed E-state index contributed by atoms with van der Waals surface area (Å²) in [7, 11) is -1.15. The molecule has 0 aromatic heterocycles. The molecule has 0 spiro atoms. The quantitative estimate of drug-likeness (QED) is 0.665. The van der Waals surface area contributed by atoms with Gasteiger partial charge in [0.05, 0.1) is 11.4 Å². The second-order valence-corrected chi connectivity index (χ2v) is 5.89. The van der Waals surface area contributed by atoms with E-state index < -0.39 is 16.0 Å². The lowest BCUT2D eigenvalue weighted by Crippen LogP contribution is -2.55. The molecular weight excluding hydrogens is 216 g/mol. The SMILES string of the molecule is CC(=O)C1C(C)O[C@H]2OCCCC2[S@@]1=O. The normalized spacial score (nSPS) is 45.9. The zero-order valence-corrected chi connectivity index (χ0v) is 9.79. The molecule has 2 aliphatic heterocycles. The van der Waals surface area contributed by atoms with Crippen molar-refractivity contribution in [1.29, 1.82) is 0 Å². The number of carbonyl (C=O) groups excluding carboxylic acids is 1. The van der Waals surface area contributed by atoms with E-state index in [0.717, 1.165) is 12.8 Å². The highest BCUT2D eigenvalue weighted by atomic mass is 32.2. The van der Waals surface area contributed by atoms with Crippen LogP contribution in [0.3, 0.4) is 0 Å². The molecule has 0 N–H and O–H groups in total. The smallest absolute Gasteiger partial charge is 0.172 e. The van der Waals surface area contributed by atoms with Gasteiger partial charge in [0.2, 0.25) is 0 Å². The maximum absolute atomic E-state index is 12.1. The van der Waals surface area contributed by atoms with Gasteiger partial charge < -0.3 is 9.47 Å². The Morgan fingerprint density at radius 3 is 2.87 bits per heavy atom. The van der Waals surface area contributed by atoms with Crippen molar-refractivity contribution in [2.45, 2.75) is 49.6 Å². The predicted octanol–water partition coefficient (Wildman–Crippen LogP) is 0.616. The molecule has 0 bridgehead atoms. The van der Waals surface area contributed by atoms with E-state index in [1.807, 2.05) is 0 Å². The van der Waals surface area contributed by atoms with Gasteiger partial charge in [-0.15, -0.1) is 0 Å². The predicted molar refractivity (Wildman–Crippen MR) is 55.9 cm³/mol. The van der Waals surface area contributed by atoms with Crippen LogP contribution in [0, 0.1) is 0 Å². The largest absolute Gasteiger partial charge is 0.351 e. The lowest BCUT2D eigenvalue weighted by molar-refractivity contribution is -0.187. The summed E-state index contributed by atoms with van der Waals surface area (Å²) >= 11 is 0. The fraction of sp³-hybridized carbons (Fsp3) is 0.900. The summed E-state index contributed by atoms with van der Waals surface area (Å²) in [6.07, 6.45) is 1.05. The first-order valence-corrected chi connectivity index (χ1v) is 6.56. The molecule has 86 valence electrons. The van der Waals surface area contributed by atoms with Gasteiger partial charge in [-0.3, -0.25) is 9.00 Å². The summed E-state index contributed by atoms with van der Waals surface area (Å²) in [5, 5.41) is -0.600. The Hall–Kier alpha value is -0.260. The van der Waals surface area contributed by atoms with Crippen molar-refractivity contribution < 1.29 is 18.5 Å². The second-order valence-electron chi connectivity index (χ2n) is 4.12. The van der Waals surface area contributed by atoms with Crippen LogP contribution >= 0.6 is 0 Å². The zero-order valence-electron chi connectivity index (χ0n) is 8.97. The minimum absolute atomic E-state index is 0.0511. The van der Waals surface area contributed by atoms with Gasteiger partial charge in [0.15, 0.2) is 6.29 Å². The first-order chi connectivity index (χ1) is 7.11. The summed E-state index contributed by atoms with van der Waals surface area (Å²) in [5.74, 6) is -0.0511. The molecule has 0 aliphatic carbocycles. The molecule has 2 saturated heterocycles. The van der Waals surface area contributed by atoms with Gasteiger partial charge in [-0.25, -0.2) is 0 Å². The molecule has 5 atom stereocenters. The van der Waals surface area contributed by atoms with Gasteiger partial charge in [0, 0.05) is 17.4 Å². The minimum atomic E-state index is -1.15. The van der Waals surface area contributed by atoms with Gasteiger partial charge in [-0.1, -0.05) is 0 Å². The van der Waals surface area contributed by atoms with E-state index in [-0.39, 0.29) is 23.4 Å². The fourth-order valence-corrected chi connectivity index (χ4v) is 4.14. The van der Waals surface area contributed by atoms with Crippen LogP contribution in [0.4, 0.5) is 0 Å². The van der Waals surface area contributed by atoms with E-state index in [9.17, 15) is 9.00 Å². The molecular formula is C10H16O4S. The van der Waals surface area contributed by atoms with Crippen LogP contribution in [0.2, 0.25) is 0 Å². The van der Waals surface area contributed by atoms with E-state index in [4.69, 9.17) is 9.47 Å². The number of hydrogen-bond donors (Lipinski definition) is 0. The number of hydrogen-bond acceptors (Lipinski definition) is 4. The Labute approximate surface area is 91.8 Å². The number of ether oxygens (including phenoxy) is 2. The third-order valence-electron chi connectivity index (χ3n) is 2.94. The van der Waals surface area contributed by atoms with E-state index in [2.05, 4.69) is 0 Å². The van der Waals surface area contributed by atoms with Crippen LogP contribution in [-0.4, -0.2) is 39.5 Å². The summed E-state index contributed by atoms with van der Waals surface area (Å²) in [4.78, 5) is 11.4. The number of carbonyl (C=O) groups is 1. The maximum Gasteiger partial charge on any atom is 0.172 e. The Morgan fingerprint density at radius 2 is 2.20 bits per heavy atom. The summed E-state index contributed by atoms with van der Waals surface area (Å²) < 4.78 is 23.2. The van der Waals surface area contributed by atoms with E-state index in [1.54, 1.807) is 6.92 Å². The Morgan fingerprint density at radius 1 is 1.47 bits per heavy atom. The molecule has 2 fully saturated rings. The van der Waals surface area contributed by atoms with Crippen molar-refractivity contribution in [2.75, 3.05) is 6.61 Å². The molecule has 3 unspecified atom stereocenters. The molecule has 4 nitrogen and oxygen atoms in total. The maximum atomic E-state index is 12.1. The highest BCUT2D eigenvalue weighted by Crippen LogP contribution is 2.30. The molecule has 0 radical (unpaired) electrons. The summed E-state index contributed by atoms with van der Waals surface area (Å²) in [6.45, 7) is 3.93. The van der Waals surface area contributed by atoms with Crippen LogP contribution in [0.15, 0.2) is 0 Å². The Balaban J connectivity index is 2.18. The number of fused-ring (bicyclic) bond motifs is 1. The van der Waals surface area contributed by atoms with Gasteiger partial charge in [-0.2, -0.15) is 0 Å². The third kappa shape index (κ3) is 2.00. The third-order valence-corrected chi connectivity index (χ3v) is 5.21. The molecule has 15 heavy (non-hydrogen) atoms. The van der Waals surface area contributed by atoms with Crippen molar-refractivity contribution in [3.63, 3.8) is 0 Å². The van der Waals surface area contributed by atoms with Gasteiger partial charge in [-0.05, 0) is 26.7 Å². The molecule has 2 aliphatic rings. The highest BCUT2D eigenvalue weighted by Gasteiger charge is 2.45. The van der Waals surface area contributed by atoms with E-state index in [1.165, 1.54) is 6.92 Å². The molecule has 0 saturated carbocycles. The summed E-state index contributed by atoms with van der Waals surface area (Å²) in [5.41, 5.74) is 0. The van der Waals surface area contributed by atoms with Crippen molar-refractivity contribution in [1.82, 2.24) is 0 Å². The van der Waals surface area contributed by atoms with Crippen LogP contribution in [0.1, 0.15) is 26.7 Å². The van der Waals surface area contributed by atoms with Gasteiger partial charge in [0.1, 0.15) is 11.0 Å². The number of rotatable bonds is 1. The van der Waals surface area contributed by atoms with Crippen molar-refractivity contribution >= 4 is 16.6 Å². The number of ketones is 1. The average molecular weight is 232 g/mol. The number of Topliss-reactive ketones (excluding diaryl/α,β-unsaturated/α-hetero) is 1. The molecule has 5 heteroatoms. The fourth-order valence-electron chi connectivity index (χ4n) is 2.23. The molecule has 0 amide bonds. The van der Waals surface area contributed by atoms with E-state index >= 15 is 0 Å². The standard InChI is InChI=1S/C10H16O4S/c1-6(11)9-7(2)14-10-8(15(9)12)4-3-5-13-10/h7-10H,3-5H2,1-2H3/t7?,8?,9?,10-,15+/m1/s1. The van der Waals surface area contributed by atoms with Crippen LogP contribution in [-0.2, 0) is 25.1 Å². The van der Waals surface area contributed by atoms with Crippen molar-refractivity contribution in [3.8, 4) is 0 Å². The molecule has 2 heterocycles. The highest BCUT2D eigenvalue weighted by molar-refractivity contribution is 7.87. The lowest BCUT2D eigenvalue weighted by Gasteiger charge is -2.40. The second kappa shape index (κ2) is 4.31. The van der Waals surface area contributed by atoms with Crippen LogP contribution in [0.25, 0.3) is 0 Å². The minimum Gasteiger partial charge on any atom is -0.351 e. The van der Waals surface area contributed by atoms with Crippen LogP contribution in [0.5, 0.6) is 0 Å². The van der Waals surface area contributed by atoms with Crippen LogP contribution < -0.4 is 0 Å². The first-order valence-electron chi connectivity index (χ1n) is 5.28. The molecule has 0 aromatic carbocycles.